The number of para-hydroxylation sites is 1. The number of esters is 2. The maximum Gasteiger partial charge on any atom is 0.308 e. The minimum absolute atomic E-state index is 0.356. The predicted molar refractivity (Wildman–Crippen MR) is 64.4 cm³/mol. The molecule has 18 heavy (non-hydrogen) atoms. The lowest BCUT2D eigenvalue weighted by molar-refractivity contribution is -0.132. The average Bonchev–Trinajstić information content (AvgIpc) is 2.27. The molecule has 0 saturated heterocycles. The van der Waals surface area contributed by atoms with Gasteiger partial charge in [0.15, 0.2) is 5.75 Å². The van der Waals surface area contributed by atoms with Gasteiger partial charge in [0.2, 0.25) is 0 Å². The van der Waals surface area contributed by atoms with Crippen molar-refractivity contribution in [2.75, 3.05) is 0 Å². The fourth-order valence-electron chi connectivity index (χ4n) is 1.57. The zero-order valence-electron chi connectivity index (χ0n) is 9.97. The van der Waals surface area contributed by atoms with Gasteiger partial charge >= 0.3 is 11.9 Å². The Balaban J connectivity index is 2.46. The van der Waals surface area contributed by atoms with Crippen molar-refractivity contribution in [2.24, 2.45) is 0 Å². The van der Waals surface area contributed by atoms with Crippen LogP contribution in [0.25, 0.3) is 10.9 Å². The summed E-state index contributed by atoms with van der Waals surface area (Å²) in [5.74, 6) is -0.0787. The fraction of sp³-hybridized carbons (Fsp3) is 0.154. The van der Waals surface area contributed by atoms with E-state index < -0.39 is 11.9 Å². The second kappa shape index (κ2) is 4.83. The van der Waals surface area contributed by atoms with Crippen molar-refractivity contribution in [3.05, 3.63) is 30.5 Å². The third kappa shape index (κ3) is 2.63. The topological polar surface area (TPSA) is 65.5 Å². The molecule has 0 aliphatic rings. The molecular weight excluding hydrogens is 234 g/mol. The van der Waals surface area contributed by atoms with E-state index in [1.54, 1.807) is 24.3 Å². The minimum Gasteiger partial charge on any atom is -0.425 e. The van der Waals surface area contributed by atoms with Crippen LogP contribution >= 0.6 is 0 Å². The van der Waals surface area contributed by atoms with Crippen LogP contribution in [0.4, 0.5) is 0 Å². The van der Waals surface area contributed by atoms with Crippen molar-refractivity contribution >= 4 is 22.8 Å². The van der Waals surface area contributed by atoms with Crippen LogP contribution in [-0.4, -0.2) is 16.9 Å². The van der Waals surface area contributed by atoms with Crippen LogP contribution in [0.5, 0.6) is 11.5 Å². The van der Waals surface area contributed by atoms with E-state index in [0.29, 0.717) is 17.0 Å². The summed E-state index contributed by atoms with van der Waals surface area (Å²) in [5, 5.41) is 0.729. The third-order valence-corrected chi connectivity index (χ3v) is 2.16. The van der Waals surface area contributed by atoms with Crippen molar-refractivity contribution in [2.45, 2.75) is 13.8 Å². The lowest BCUT2D eigenvalue weighted by atomic mass is 10.2. The summed E-state index contributed by atoms with van der Waals surface area (Å²) >= 11 is 0. The summed E-state index contributed by atoms with van der Waals surface area (Å²) in [6.07, 6.45) is 1.41. The van der Waals surface area contributed by atoms with Gasteiger partial charge in [0.25, 0.3) is 0 Å². The van der Waals surface area contributed by atoms with Crippen LogP contribution in [-0.2, 0) is 9.59 Å². The third-order valence-electron chi connectivity index (χ3n) is 2.16. The number of hydrogen-bond acceptors (Lipinski definition) is 5. The molecule has 1 aromatic heterocycles. The Morgan fingerprint density at radius 2 is 1.83 bits per heavy atom. The Hall–Kier alpha value is -2.43. The number of hydrogen-bond donors (Lipinski definition) is 0. The van der Waals surface area contributed by atoms with Crippen molar-refractivity contribution < 1.29 is 19.1 Å². The standard InChI is InChI=1S/C13H11NO4/c1-8(15)17-11-6-10-4-3-5-12(18-9(2)16)13(10)14-7-11/h3-7H,1-2H3. The molecule has 2 rings (SSSR count). The van der Waals surface area contributed by atoms with E-state index in [1.165, 1.54) is 20.0 Å². The first-order chi connectivity index (χ1) is 8.56. The maximum absolute atomic E-state index is 10.9. The van der Waals surface area contributed by atoms with E-state index >= 15 is 0 Å². The van der Waals surface area contributed by atoms with Crippen LogP contribution < -0.4 is 9.47 Å². The van der Waals surface area contributed by atoms with E-state index in [0.717, 1.165) is 5.39 Å². The van der Waals surface area contributed by atoms with E-state index in [1.807, 2.05) is 0 Å². The molecule has 2 aromatic rings. The quantitative estimate of drug-likeness (QED) is 0.598. The van der Waals surface area contributed by atoms with E-state index in [9.17, 15) is 9.59 Å². The van der Waals surface area contributed by atoms with E-state index in [-0.39, 0.29) is 0 Å². The molecule has 0 saturated carbocycles. The Labute approximate surface area is 103 Å². The summed E-state index contributed by atoms with van der Waals surface area (Å²) in [6, 6.07) is 6.85. The molecule has 0 amide bonds. The molecule has 1 heterocycles. The van der Waals surface area contributed by atoms with Gasteiger partial charge in [-0.05, 0) is 12.1 Å². The normalized spacial score (nSPS) is 10.1. The molecule has 1 aromatic carbocycles. The second-order valence-electron chi connectivity index (χ2n) is 3.69. The van der Waals surface area contributed by atoms with Gasteiger partial charge < -0.3 is 9.47 Å². The van der Waals surface area contributed by atoms with Crippen LogP contribution in [0.1, 0.15) is 13.8 Å². The van der Waals surface area contributed by atoms with Crippen LogP contribution in [0.2, 0.25) is 0 Å². The molecule has 0 aliphatic heterocycles. The highest BCUT2D eigenvalue weighted by Gasteiger charge is 2.07. The number of benzene rings is 1. The summed E-state index contributed by atoms with van der Waals surface area (Å²) < 4.78 is 9.97. The number of pyridine rings is 1. The monoisotopic (exact) mass is 245 g/mol. The number of ether oxygens (including phenoxy) is 2. The Bertz CT molecular complexity index is 621. The SMILES string of the molecule is CC(=O)Oc1cnc2c(OC(C)=O)cccc2c1. The molecule has 0 radical (unpaired) electrons. The molecule has 0 spiro atoms. The molecule has 5 nitrogen and oxygen atoms in total. The minimum atomic E-state index is -0.410. The molecule has 5 heteroatoms. The van der Waals surface area contributed by atoms with Crippen LogP contribution in [0.15, 0.2) is 30.5 Å². The summed E-state index contributed by atoms with van der Waals surface area (Å²) in [4.78, 5) is 25.9. The van der Waals surface area contributed by atoms with E-state index in [4.69, 9.17) is 9.47 Å². The Morgan fingerprint density at radius 1 is 1.11 bits per heavy atom. The highest BCUT2D eigenvalue weighted by Crippen LogP contribution is 2.26. The van der Waals surface area contributed by atoms with Gasteiger partial charge in [0, 0.05) is 19.2 Å². The number of aromatic nitrogens is 1. The first kappa shape index (κ1) is 12.0. The zero-order chi connectivity index (χ0) is 13.1. The first-order valence-electron chi connectivity index (χ1n) is 5.32. The smallest absolute Gasteiger partial charge is 0.308 e. The molecule has 0 atom stereocenters. The second-order valence-corrected chi connectivity index (χ2v) is 3.69. The molecular formula is C13H11NO4. The van der Waals surface area contributed by atoms with Crippen molar-refractivity contribution in [1.29, 1.82) is 0 Å². The van der Waals surface area contributed by atoms with Gasteiger partial charge in [-0.25, -0.2) is 4.98 Å². The Kier molecular flexibility index (Phi) is 3.23. The predicted octanol–water partition coefficient (Wildman–Crippen LogP) is 2.09. The number of rotatable bonds is 2. The Morgan fingerprint density at radius 3 is 2.50 bits per heavy atom. The van der Waals surface area contributed by atoms with Gasteiger partial charge in [0.1, 0.15) is 11.3 Å². The average molecular weight is 245 g/mol. The number of carbonyl (C=O) groups excluding carboxylic acids is 2. The van der Waals surface area contributed by atoms with Crippen molar-refractivity contribution in [1.82, 2.24) is 4.98 Å². The van der Waals surface area contributed by atoms with E-state index in [2.05, 4.69) is 4.98 Å². The lowest BCUT2D eigenvalue weighted by Gasteiger charge is -2.06. The fourth-order valence-corrected chi connectivity index (χ4v) is 1.57. The van der Waals surface area contributed by atoms with Crippen molar-refractivity contribution in [3.63, 3.8) is 0 Å². The lowest BCUT2D eigenvalue weighted by Crippen LogP contribution is -2.03. The van der Waals surface area contributed by atoms with Crippen LogP contribution in [0.3, 0.4) is 0 Å². The van der Waals surface area contributed by atoms with Gasteiger partial charge in [0.05, 0.1) is 6.20 Å². The van der Waals surface area contributed by atoms with Gasteiger partial charge in [-0.2, -0.15) is 0 Å². The molecule has 0 aliphatic carbocycles. The van der Waals surface area contributed by atoms with Gasteiger partial charge in [-0.15, -0.1) is 0 Å². The zero-order valence-corrected chi connectivity index (χ0v) is 9.97. The summed E-state index contributed by atoms with van der Waals surface area (Å²) in [5.41, 5.74) is 0.545. The number of nitrogens with zero attached hydrogens (tertiary/aromatic N) is 1. The largest absolute Gasteiger partial charge is 0.425 e. The highest BCUT2D eigenvalue weighted by molar-refractivity contribution is 5.87. The van der Waals surface area contributed by atoms with Gasteiger partial charge in [-0.1, -0.05) is 12.1 Å². The number of fused-ring (bicyclic) bond motifs is 1. The summed E-state index contributed by atoms with van der Waals surface area (Å²) in [6.45, 7) is 2.64. The summed E-state index contributed by atoms with van der Waals surface area (Å²) in [7, 11) is 0. The first-order valence-corrected chi connectivity index (χ1v) is 5.32. The van der Waals surface area contributed by atoms with Crippen molar-refractivity contribution in [3.8, 4) is 11.5 Å². The highest BCUT2D eigenvalue weighted by atomic mass is 16.5. The maximum atomic E-state index is 10.9. The molecule has 0 fully saturated rings. The molecule has 0 bridgehead atoms. The number of carbonyl (C=O) groups is 2. The molecule has 0 N–H and O–H groups in total. The van der Waals surface area contributed by atoms with Crippen LogP contribution in [0, 0.1) is 0 Å². The van der Waals surface area contributed by atoms with Gasteiger partial charge in [-0.3, -0.25) is 9.59 Å². The molecule has 92 valence electrons. The molecule has 0 unspecified atom stereocenters.